The Bertz CT molecular complexity index is 1190. The summed E-state index contributed by atoms with van der Waals surface area (Å²) in [7, 11) is 0. The third kappa shape index (κ3) is 7.62. The number of aromatic nitrogens is 3. The van der Waals surface area contributed by atoms with Crippen LogP contribution in [0.4, 0.5) is 0 Å². The van der Waals surface area contributed by atoms with E-state index in [-0.39, 0.29) is 5.91 Å². The summed E-state index contributed by atoms with van der Waals surface area (Å²) in [5, 5.41) is 4.84. The highest BCUT2D eigenvalue weighted by molar-refractivity contribution is 8.26. The molecule has 2 aromatic heterocycles. The number of carbonyl (C=O) groups is 1. The molecular formula is C30H36N4OS2. The van der Waals surface area contributed by atoms with E-state index in [9.17, 15) is 4.79 Å². The molecule has 3 aromatic rings. The Morgan fingerprint density at radius 3 is 2.22 bits per heavy atom. The summed E-state index contributed by atoms with van der Waals surface area (Å²) in [5.74, 6) is -0.000867. The largest absolute Gasteiger partial charge is 0.293 e. The second kappa shape index (κ2) is 14.2. The summed E-state index contributed by atoms with van der Waals surface area (Å²) < 4.78 is 2.50. The first-order chi connectivity index (χ1) is 18.2. The minimum absolute atomic E-state index is 0.000867. The Morgan fingerprint density at radius 2 is 1.54 bits per heavy atom. The number of amides is 1. The zero-order valence-corrected chi connectivity index (χ0v) is 23.3. The summed E-state index contributed by atoms with van der Waals surface area (Å²) in [6.45, 7) is 2.95. The first-order valence-electron chi connectivity index (χ1n) is 13.5. The van der Waals surface area contributed by atoms with Crippen LogP contribution in [0.25, 0.3) is 23.0 Å². The predicted octanol–water partition coefficient (Wildman–Crippen LogP) is 8.06. The number of carbonyl (C=O) groups excluding carboxylic acids is 1. The zero-order valence-electron chi connectivity index (χ0n) is 21.6. The van der Waals surface area contributed by atoms with Gasteiger partial charge >= 0.3 is 0 Å². The molecule has 1 aliphatic heterocycles. The van der Waals surface area contributed by atoms with Crippen molar-refractivity contribution in [3.8, 4) is 16.9 Å². The highest BCUT2D eigenvalue weighted by Gasteiger charge is 2.32. The number of benzene rings is 1. The third-order valence-corrected chi connectivity index (χ3v) is 7.99. The van der Waals surface area contributed by atoms with Crippen molar-refractivity contribution >= 4 is 40.3 Å². The van der Waals surface area contributed by atoms with E-state index in [2.05, 4.69) is 11.9 Å². The minimum Gasteiger partial charge on any atom is -0.293 e. The number of hydrogen-bond donors (Lipinski definition) is 0. The molecule has 37 heavy (non-hydrogen) atoms. The van der Waals surface area contributed by atoms with Crippen LogP contribution < -0.4 is 0 Å². The van der Waals surface area contributed by atoms with Crippen LogP contribution in [0.5, 0.6) is 0 Å². The Balaban J connectivity index is 1.38. The topological polar surface area (TPSA) is 51.0 Å². The van der Waals surface area contributed by atoms with E-state index < -0.39 is 0 Å². The molecule has 0 unspecified atom stereocenters. The van der Waals surface area contributed by atoms with E-state index >= 15 is 0 Å². The Kier molecular flexibility index (Phi) is 10.5. The number of thioether (sulfide) groups is 1. The number of pyridine rings is 1. The van der Waals surface area contributed by atoms with Gasteiger partial charge in [0, 0.05) is 36.3 Å². The van der Waals surface area contributed by atoms with E-state index in [4.69, 9.17) is 17.3 Å². The van der Waals surface area contributed by atoms with Gasteiger partial charge in [0.05, 0.1) is 10.6 Å². The van der Waals surface area contributed by atoms with E-state index in [1.54, 1.807) is 17.3 Å². The first-order valence-corrected chi connectivity index (χ1v) is 14.7. The number of rotatable bonds is 14. The molecule has 3 heterocycles. The molecule has 0 aliphatic carbocycles. The Hall–Kier alpha value is -2.77. The van der Waals surface area contributed by atoms with Gasteiger partial charge in [-0.2, -0.15) is 5.10 Å². The number of hydrogen-bond acceptors (Lipinski definition) is 5. The summed E-state index contributed by atoms with van der Waals surface area (Å²) in [5.41, 5.74) is 3.61. The van der Waals surface area contributed by atoms with Crippen LogP contribution >= 0.6 is 24.0 Å². The maximum absolute atomic E-state index is 13.2. The van der Waals surface area contributed by atoms with Crippen LogP contribution in [-0.2, 0) is 4.79 Å². The molecule has 0 N–H and O–H groups in total. The molecule has 194 valence electrons. The molecule has 0 saturated carbocycles. The van der Waals surface area contributed by atoms with Crippen molar-refractivity contribution < 1.29 is 4.79 Å². The van der Waals surface area contributed by atoms with Gasteiger partial charge in [0.1, 0.15) is 10.0 Å². The average molecular weight is 533 g/mol. The lowest BCUT2D eigenvalue weighted by atomic mass is 10.1. The fourth-order valence-corrected chi connectivity index (χ4v) is 5.83. The normalized spacial score (nSPS) is 14.7. The summed E-state index contributed by atoms with van der Waals surface area (Å²) in [4.78, 5) is 19.8. The summed E-state index contributed by atoms with van der Waals surface area (Å²) in [6.07, 6.45) is 20.1. The quantitative estimate of drug-likeness (QED) is 0.119. The van der Waals surface area contributed by atoms with Crippen molar-refractivity contribution in [1.29, 1.82) is 0 Å². The molecule has 1 fully saturated rings. The van der Waals surface area contributed by atoms with Crippen LogP contribution in [0, 0.1) is 0 Å². The van der Waals surface area contributed by atoms with E-state index in [1.165, 1.54) is 63.1 Å². The lowest BCUT2D eigenvalue weighted by Crippen LogP contribution is -2.29. The molecule has 0 bridgehead atoms. The van der Waals surface area contributed by atoms with E-state index in [0.29, 0.717) is 15.8 Å². The maximum Gasteiger partial charge on any atom is 0.266 e. The minimum atomic E-state index is -0.000867. The van der Waals surface area contributed by atoms with Crippen molar-refractivity contribution in [2.24, 2.45) is 0 Å². The molecule has 1 aliphatic rings. The smallest absolute Gasteiger partial charge is 0.266 e. The predicted molar refractivity (Wildman–Crippen MR) is 159 cm³/mol. The molecule has 1 saturated heterocycles. The van der Waals surface area contributed by atoms with Gasteiger partial charge in [0.25, 0.3) is 5.91 Å². The molecule has 1 aromatic carbocycles. The molecular weight excluding hydrogens is 496 g/mol. The van der Waals surface area contributed by atoms with E-state index in [0.717, 1.165) is 35.3 Å². The van der Waals surface area contributed by atoms with E-state index in [1.807, 2.05) is 59.4 Å². The number of thiocarbonyl (C=S) groups is 1. The number of nitrogens with zero attached hydrogens (tertiary/aromatic N) is 4. The molecule has 0 atom stereocenters. The van der Waals surface area contributed by atoms with Crippen molar-refractivity contribution in [3.05, 3.63) is 71.5 Å². The Labute approximate surface area is 230 Å². The van der Waals surface area contributed by atoms with Crippen LogP contribution in [0.1, 0.15) is 76.7 Å². The SMILES string of the molecule is CCCCCCCCCCCCN1C(=O)/C(=C/c2cn(-c3ccccc3)nc2-c2ccncc2)SC1=S. The lowest BCUT2D eigenvalue weighted by molar-refractivity contribution is -0.122. The standard InChI is InChI=1S/C30H36N4OS2/c1-2-3-4-5-6-7-8-9-10-14-21-33-29(35)27(37-30(33)36)22-25-23-34(26-15-12-11-13-16-26)32-28(25)24-17-19-31-20-18-24/h11-13,15-20,22-23H,2-10,14,21H2,1H3/b27-22-. The first kappa shape index (κ1) is 27.3. The van der Waals surface area contributed by atoms with Gasteiger partial charge in [-0.1, -0.05) is 107 Å². The second-order valence-electron chi connectivity index (χ2n) is 9.46. The van der Waals surface area contributed by atoms with Crippen LogP contribution in [0.15, 0.2) is 66.0 Å². The zero-order chi connectivity index (χ0) is 25.9. The van der Waals surface area contributed by atoms with Crippen LogP contribution in [0.3, 0.4) is 0 Å². The fraction of sp³-hybridized carbons (Fsp3) is 0.400. The fourth-order valence-electron chi connectivity index (χ4n) is 4.53. The molecule has 0 spiro atoms. The van der Waals surface area contributed by atoms with Gasteiger partial charge in [0.15, 0.2) is 0 Å². The molecule has 5 nitrogen and oxygen atoms in total. The second-order valence-corrected chi connectivity index (χ2v) is 11.1. The van der Waals surface area contributed by atoms with Gasteiger partial charge in [-0.25, -0.2) is 4.68 Å². The highest BCUT2D eigenvalue weighted by atomic mass is 32.2. The maximum atomic E-state index is 13.2. The molecule has 7 heteroatoms. The Morgan fingerprint density at radius 1 is 0.892 bits per heavy atom. The highest BCUT2D eigenvalue weighted by Crippen LogP contribution is 2.35. The van der Waals surface area contributed by atoms with Crippen molar-refractivity contribution in [3.63, 3.8) is 0 Å². The van der Waals surface area contributed by atoms with Crippen LogP contribution in [0.2, 0.25) is 0 Å². The third-order valence-electron chi connectivity index (χ3n) is 6.61. The van der Waals surface area contributed by atoms with Gasteiger partial charge in [-0.05, 0) is 36.8 Å². The number of unbranched alkanes of at least 4 members (excludes halogenated alkanes) is 9. The van der Waals surface area contributed by atoms with Gasteiger partial charge in [0.2, 0.25) is 0 Å². The van der Waals surface area contributed by atoms with Crippen molar-refractivity contribution in [1.82, 2.24) is 19.7 Å². The summed E-state index contributed by atoms with van der Waals surface area (Å²) in [6, 6.07) is 13.9. The number of para-hydroxylation sites is 1. The average Bonchev–Trinajstić information content (AvgIpc) is 3.47. The van der Waals surface area contributed by atoms with Crippen LogP contribution in [-0.4, -0.2) is 36.4 Å². The summed E-state index contributed by atoms with van der Waals surface area (Å²) >= 11 is 6.97. The monoisotopic (exact) mass is 532 g/mol. The van der Waals surface area contributed by atoms with Crippen molar-refractivity contribution in [2.75, 3.05) is 6.54 Å². The lowest BCUT2D eigenvalue weighted by Gasteiger charge is -2.14. The van der Waals surface area contributed by atoms with Gasteiger partial charge < -0.3 is 0 Å². The molecule has 4 rings (SSSR count). The van der Waals surface area contributed by atoms with Crippen molar-refractivity contribution in [2.45, 2.75) is 71.1 Å². The van der Waals surface area contributed by atoms with Gasteiger partial charge in [-0.15, -0.1) is 0 Å². The molecule has 1 amide bonds. The van der Waals surface area contributed by atoms with Gasteiger partial charge in [-0.3, -0.25) is 14.7 Å². The molecule has 0 radical (unpaired) electrons.